The third-order valence-corrected chi connectivity index (χ3v) is 6.32. The van der Waals surface area contributed by atoms with Crippen molar-refractivity contribution in [3.05, 3.63) is 54.3 Å². The second-order valence-electron chi connectivity index (χ2n) is 8.97. The molecule has 214 valence electrons. The van der Waals surface area contributed by atoms with E-state index in [2.05, 4.69) is 20.6 Å². The third kappa shape index (κ3) is 5.34. The number of carbonyl (C=O) groups is 2. The van der Waals surface area contributed by atoms with Gasteiger partial charge in [0.25, 0.3) is 11.1 Å². The number of fused-ring (bicyclic) bond motifs is 2. The van der Waals surface area contributed by atoms with Crippen LogP contribution in [0.1, 0.15) is 0 Å². The number of aromatic nitrogens is 8. The van der Waals surface area contributed by atoms with E-state index in [4.69, 9.17) is 10.2 Å². The highest BCUT2D eigenvalue weighted by molar-refractivity contribution is 5.75. The van der Waals surface area contributed by atoms with Crippen molar-refractivity contribution >= 4 is 34.3 Å². The van der Waals surface area contributed by atoms with Crippen molar-refractivity contribution in [2.45, 2.75) is 26.2 Å². The first kappa shape index (κ1) is 28.2. The molecule has 4 aromatic rings. The molecule has 4 N–H and O–H groups in total. The number of carboxylic acids is 2. The van der Waals surface area contributed by atoms with Crippen LogP contribution in [0.15, 0.2) is 31.8 Å². The van der Waals surface area contributed by atoms with E-state index in [-0.39, 0.29) is 22.3 Å². The van der Waals surface area contributed by atoms with Crippen molar-refractivity contribution in [3.63, 3.8) is 0 Å². The van der Waals surface area contributed by atoms with Crippen LogP contribution < -0.4 is 33.1 Å². The number of nitrogens with one attached hydrogen (secondary N) is 2. The topological polar surface area (TPSA) is 222 Å². The Morgan fingerprint density at radius 1 is 0.725 bits per heavy atom. The lowest BCUT2D eigenvalue weighted by Crippen LogP contribution is -2.44. The highest BCUT2D eigenvalue weighted by atomic mass is 16.4. The molecule has 1 aliphatic heterocycles. The lowest BCUT2D eigenvalue weighted by molar-refractivity contribution is -0.138. The van der Waals surface area contributed by atoms with Gasteiger partial charge in [-0.2, -0.15) is 0 Å². The summed E-state index contributed by atoms with van der Waals surface area (Å²) < 4.78 is 5.82. The van der Waals surface area contributed by atoms with Gasteiger partial charge in [0.2, 0.25) is 0 Å². The Bertz CT molecular complexity index is 1690. The molecule has 40 heavy (non-hydrogen) atoms. The zero-order chi connectivity index (χ0) is 29.1. The van der Waals surface area contributed by atoms with Crippen molar-refractivity contribution in [2.75, 3.05) is 26.2 Å². The van der Waals surface area contributed by atoms with E-state index >= 15 is 0 Å². The summed E-state index contributed by atoms with van der Waals surface area (Å²) in [7, 11) is 2.70. The maximum absolute atomic E-state index is 13.0. The van der Waals surface area contributed by atoms with Gasteiger partial charge in [0.1, 0.15) is 13.1 Å². The van der Waals surface area contributed by atoms with Crippen LogP contribution in [0.25, 0.3) is 22.3 Å². The number of imidazole rings is 2. The molecular formula is C22H28N10O8. The number of hydrogen-bond acceptors (Lipinski definition) is 10. The second kappa shape index (κ2) is 11.5. The molecule has 0 amide bonds. The minimum Gasteiger partial charge on any atom is -0.480 e. The minimum absolute atomic E-state index is 0.0143. The molecule has 0 radical (unpaired) electrons. The average molecular weight is 561 g/mol. The van der Waals surface area contributed by atoms with Gasteiger partial charge in [-0.05, 0) is 0 Å². The number of hydrogen-bond donors (Lipinski definition) is 4. The van der Waals surface area contributed by atoms with E-state index in [0.717, 1.165) is 66.2 Å². The zero-order valence-corrected chi connectivity index (χ0v) is 21.7. The van der Waals surface area contributed by atoms with Crippen LogP contribution in [0.5, 0.6) is 0 Å². The van der Waals surface area contributed by atoms with Crippen molar-refractivity contribution in [1.82, 2.24) is 48.0 Å². The normalized spacial score (nSPS) is 13.3. The molecule has 0 atom stereocenters. The standard InChI is InChI=1S/C18H18N8O8.C4H10N2/c1-21-13-11(23(7-19-13)5-9(27)28)15(31)25(17(21)33)3-4-26-16(32)12-14(22(2)18(26)34)20-8-24(12)6-10(29)30;1-2-6-4-3-5-1/h7-8H,3-6H2,1-2H3,(H,27,28)(H,29,30);5-6H,1-4H2. The Morgan fingerprint density at radius 3 is 1.38 bits per heavy atom. The number of rotatable bonds is 7. The average Bonchev–Trinajstić information content (AvgIpc) is 3.53. The number of aryl methyl sites for hydroxylation is 2. The number of carboxylic acid groups (broad SMARTS) is 2. The molecule has 0 bridgehead atoms. The smallest absolute Gasteiger partial charge is 0.332 e. The van der Waals surface area contributed by atoms with E-state index in [9.17, 15) is 28.8 Å². The summed E-state index contributed by atoms with van der Waals surface area (Å²) >= 11 is 0. The van der Waals surface area contributed by atoms with E-state index in [1.54, 1.807) is 0 Å². The third-order valence-electron chi connectivity index (χ3n) is 6.32. The number of aliphatic carboxylic acids is 2. The maximum atomic E-state index is 13.0. The van der Waals surface area contributed by atoms with Crippen molar-refractivity contribution in [1.29, 1.82) is 0 Å². The van der Waals surface area contributed by atoms with Crippen LogP contribution in [0, 0.1) is 0 Å². The molecule has 0 spiro atoms. The first-order valence-corrected chi connectivity index (χ1v) is 12.2. The van der Waals surface area contributed by atoms with Gasteiger partial charge in [0.15, 0.2) is 22.3 Å². The summed E-state index contributed by atoms with van der Waals surface area (Å²) in [4.78, 5) is 81.6. The van der Waals surface area contributed by atoms with Crippen LogP contribution in [0.4, 0.5) is 0 Å². The minimum atomic E-state index is -1.22. The molecule has 5 heterocycles. The molecule has 0 aromatic carbocycles. The Hall–Kier alpha value is -4.84. The highest BCUT2D eigenvalue weighted by Crippen LogP contribution is 2.07. The Kier molecular flexibility index (Phi) is 8.10. The van der Waals surface area contributed by atoms with E-state index in [1.165, 1.54) is 14.1 Å². The Labute approximate surface area is 223 Å². The fraction of sp³-hybridized carbons (Fsp3) is 0.455. The maximum Gasteiger partial charge on any atom is 0.332 e. The van der Waals surface area contributed by atoms with Crippen LogP contribution in [-0.2, 0) is 49.9 Å². The molecule has 18 nitrogen and oxygen atoms in total. The predicted octanol–water partition coefficient (Wildman–Crippen LogP) is -3.84. The zero-order valence-electron chi connectivity index (χ0n) is 21.7. The largest absolute Gasteiger partial charge is 0.480 e. The van der Waals surface area contributed by atoms with E-state index in [0.29, 0.717) is 0 Å². The predicted molar refractivity (Wildman–Crippen MR) is 139 cm³/mol. The SMILES string of the molecule is C1CNCCN1.Cn1c(=O)n(CCn2c(=O)c3c(ncn3CC(=O)O)n(C)c2=O)c(=O)c2c1ncn2CC(=O)O. The Balaban J connectivity index is 0.000000546. The summed E-state index contributed by atoms with van der Waals surface area (Å²) in [6, 6.07) is 0. The molecular weight excluding hydrogens is 532 g/mol. The number of nitrogens with zero attached hydrogens (tertiary/aromatic N) is 8. The number of piperazine rings is 1. The summed E-state index contributed by atoms with van der Waals surface area (Å²) in [6.45, 7) is 2.64. The fourth-order valence-corrected chi connectivity index (χ4v) is 4.37. The Morgan fingerprint density at radius 2 is 1.07 bits per heavy atom. The van der Waals surface area contributed by atoms with Crippen molar-refractivity contribution < 1.29 is 19.8 Å². The van der Waals surface area contributed by atoms with Gasteiger partial charge < -0.3 is 30.0 Å². The molecule has 18 heteroatoms. The van der Waals surface area contributed by atoms with Gasteiger partial charge >= 0.3 is 23.3 Å². The summed E-state index contributed by atoms with van der Waals surface area (Å²) in [5.41, 5.74) is -3.50. The highest BCUT2D eigenvalue weighted by Gasteiger charge is 2.20. The van der Waals surface area contributed by atoms with Gasteiger partial charge in [0, 0.05) is 53.4 Å². The van der Waals surface area contributed by atoms with E-state index < -0.39 is 60.6 Å². The molecule has 1 saturated heterocycles. The molecule has 1 fully saturated rings. The van der Waals surface area contributed by atoms with Gasteiger partial charge in [-0.3, -0.25) is 37.4 Å². The van der Waals surface area contributed by atoms with Gasteiger partial charge in [-0.15, -0.1) is 0 Å². The van der Waals surface area contributed by atoms with Crippen molar-refractivity contribution in [3.8, 4) is 0 Å². The first-order valence-electron chi connectivity index (χ1n) is 12.2. The van der Waals surface area contributed by atoms with Gasteiger partial charge in [0.05, 0.1) is 12.7 Å². The molecule has 1 aliphatic rings. The van der Waals surface area contributed by atoms with Crippen LogP contribution in [-0.4, -0.2) is 85.7 Å². The van der Waals surface area contributed by atoms with Crippen LogP contribution in [0.2, 0.25) is 0 Å². The molecule has 0 saturated carbocycles. The molecule has 0 unspecified atom stereocenters. The second-order valence-corrected chi connectivity index (χ2v) is 8.97. The lowest BCUT2D eigenvalue weighted by Gasteiger charge is -2.12. The summed E-state index contributed by atoms with van der Waals surface area (Å²) in [6.07, 6.45) is 2.25. The fourth-order valence-electron chi connectivity index (χ4n) is 4.37. The molecule has 5 rings (SSSR count). The van der Waals surface area contributed by atoms with Crippen molar-refractivity contribution in [2.24, 2.45) is 14.1 Å². The van der Waals surface area contributed by atoms with Gasteiger partial charge in [-0.25, -0.2) is 19.6 Å². The quantitative estimate of drug-likeness (QED) is 0.171. The summed E-state index contributed by atoms with van der Waals surface area (Å²) in [5, 5.41) is 24.6. The lowest BCUT2D eigenvalue weighted by atomic mass is 10.4. The molecule has 0 aliphatic carbocycles. The van der Waals surface area contributed by atoms with Crippen LogP contribution >= 0.6 is 0 Å². The monoisotopic (exact) mass is 560 g/mol. The van der Waals surface area contributed by atoms with E-state index in [1.807, 2.05) is 0 Å². The van der Waals surface area contributed by atoms with Gasteiger partial charge in [-0.1, -0.05) is 0 Å². The first-order chi connectivity index (χ1) is 19.0. The summed E-state index contributed by atoms with van der Waals surface area (Å²) in [5.74, 6) is -2.44. The molecule has 4 aromatic heterocycles. The van der Waals surface area contributed by atoms with Crippen LogP contribution in [0.3, 0.4) is 0 Å².